The minimum absolute atomic E-state index is 0.0285. The number of carboxylic acids is 1. The maximum Gasteiger partial charge on any atom is 0.407 e. The number of alkyl carbamates (subject to hydrolysis) is 1. The van der Waals surface area contributed by atoms with Crippen LogP contribution in [0.25, 0.3) is 11.1 Å². The average molecular weight is 479 g/mol. The minimum atomic E-state index is -0.879. The van der Waals surface area contributed by atoms with Gasteiger partial charge in [-0.25, -0.2) is 4.79 Å². The van der Waals surface area contributed by atoms with Gasteiger partial charge in [0.1, 0.15) is 6.61 Å². The standard InChI is InChI=1S/C28H34N2O5/c1-2-19(16-25(31)29-18-28(26(32)33)14-8-3-9-15-28)30-27(34)35-17-24-22-12-6-4-10-20(22)21-11-5-7-13-23(21)24/h4-7,10-13,19,24H,2-3,8-9,14-18H2,1H3,(H,29,31)(H,30,34)(H,32,33)/t19-/m0/s1. The Hall–Kier alpha value is -3.35. The number of benzene rings is 2. The summed E-state index contributed by atoms with van der Waals surface area (Å²) in [6.07, 6.45) is 4.01. The minimum Gasteiger partial charge on any atom is -0.481 e. The third-order valence-electron chi connectivity index (χ3n) is 7.48. The Kier molecular flexibility index (Phi) is 7.73. The summed E-state index contributed by atoms with van der Waals surface area (Å²) in [5.74, 6) is -1.14. The summed E-state index contributed by atoms with van der Waals surface area (Å²) in [5, 5.41) is 15.3. The van der Waals surface area contributed by atoms with Crippen LogP contribution in [-0.2, 0) is 14.3 Å². The molecule has 186 valence electrons. The Morgan fingerprint density at radius 1 is 1.00 bits per heavy atom. The zero-order valence-electron chi connectivity index (χ0n) is 20.2. The van der Waals surface area contributed by atoms with Crippen LogP contribution in [0.4, 0.5) is 4.79 Å². The number of amides is 2. The molecule has 7 heteroatoms. The Morgan fingerprint density at radius 2 is 1.60 bits per heavy atom. The van der Waals surface area contributed by atoms with Gasteiger partial charge in [-0.3, -0.25) is 9.59 Å². The molecule has 7 nitrogen and oxygen atoms in total. The van der Waals surface area contributed by atoms with Gasteiger partial charge < -0.3 is 20.5 Å². The fraction of sp³-hybridized carbons (Fsp3) is 0.464. The molecule has 2 aromatic carbocycles. The van der Waals surface area contributed by atoms with Crippen LogP contribution in [0.15, 0.2) is 48.5 Å². The third-order valence-corrected chi connectivity index (χ3v) is 7.48. The van der Waals surface area contributed by atoms with E-state index >= 15 is 0 Å². The van der Waals surface area contributed by atoms with E-state index in [4.69, 9.17) is 4.74 Å². The largest absolute Gasteiger partial charge is 0.481 e. The molecule has 2 aliphatic rings. The number of aliphatic carboxylic acids is 1. The Labute approximate surface area is 206 Å². The van der Waals surface area contributed by atoms with Crippen LogP contribution < -0.4 is 10.6 Å². The van der Waals surface area contributed by atoms with Gasteiger partial charge in [-0.15, -0.1) is 0 Å². The molecular formula is C28H34N2O5. The number of nitrogens with one attached hydrogen (secondary N) is 2. The van der Waals surface area contributed by atoms with E-state index in [-0.39, 0.29) is 31.4 Å². The first kappa shape index (κ1) is 24.8. The molecule has 3 N–H and O–H groups in total. The molecule has 35 heavy (non-hydrogen) atoms. The normalized spacial score (nSPS) is 17.1. The summed E-state index contributed by atoms with van der Waals surface area (Å²) in [6.45, 7) is 2.23. The molecule has 0 heterocycles. The SMILES string of the molecule is CC[C@@H](CC(=O)NCC1(C(=O)O)CCCCC1)NC(=O)OCC1c2ccccc2-c2ccccc21. The first-order valence-electron chi connectivity index (χ1n) is 12.5. The van der Waals surface area contributed by atoms with Crippen LogP contribution >= 0.6 is 0 Å². The van der Waals surface area contributed by atoms with E-state index in [9.17, 15) is 19.5 Å². The zero-order valence-corrected chi connectivity index (χ0v) is 20.2. The predicted octanol–water partition coefficient (Wildman–Crippen LogP) is 4.85. The van der Waals surface area contributed by atoms with Crippen LogP contribution in [0.5, 0.6) is 0 Å². The van der Waals surface area contributed by atoms with Crippen molar-refractivity contribution in [1.29, 1.82) is 0 Å². The van der Waals surface area contributed by atoms with Gasteiger partial charge in [-0.1, -0.05) is 74.7 Å². The Morgan fingerprint density at radius 3 is 2.17 bits per heavy atom. The van der Waals surface area contributed by atoms with E-state index in [1.807, 2.05) is 31.2 Å². The first-order chi connectivity index (χ1) is 16.9. The second-order valence-electron chi connectivity index (χ2n) is 9.70. The molecule has 0 radical (unpaired) electrons. The van der Waals surface area contributed by atoms with Crippen LogP contribution in [-0.4, -0.2) is 42.3 Å². The van der Waals surface area contributed by atoms with Crippen LogP contribution in [0.2, 0.25) is 0 Å². The lowest BCUT2D eigenvalue weighted by Crippen LogP contribution is -2.46. The third kappa shape index (κ3) is 5.50. The fourth-order valence-electron chi connectivity index (χ4n) is 5.36. The summed E-state index contributed by atoms with van der Waals surface area (Å²) in [5.41, 5.74) is 3.73. The molecule has 0 bridgehead atoms. The molecule has 2 aromatic rings. The highest BCUT2D eigenvalue weighted by Crippen LogP contribution is 2.44. The molecule has 1 atom stereocenters. The highest BCUT2D eigenvalue weighted by molar-refractivity contribution is 5.81. The highest BCUT2D eigenvalue weighted by Gasteiger charge is 2.40. The maximum atomic E-state index is 12.6. The lowest BCUT2D eigenvalue weighted by atomic mass is 9.74. The number of hydrogen-bond donors (Lipinski definition) is 3. The number of carbonyl (C=O) groups excluding carboxylic acids is 2. The van der Waals surface area contributed by atoms with Gasteiger partial charge in [0.2, 0.25) is 5.91 Å². The van der Waals surface area contributed by atoms with E-state index in [0.29, 0.717) is 19.3 Å². The second kappa shape index (κ2) is 10.9. The summed E-state index contributed by atoms with van der Waals surface area (Å²) < 4.78 is 5.60. The van der Waals surface area contributed by atoms with Crippen molar-refractivity contribution in [3.05, 3.63) is 59.7 Å². The van der Waals surface area contributed by atoms with Crippen molar-refractivity contribution in [2.75, 3.05) is 13.2 Å². The number of carbonyl (C=O) groups is 3. The van der Waals surface area contributed by atoms with Crippen molar-refractivity contribution in [2.24, 2.45) is 5.41 Å². The summed E-state index contributed by atoms with van der Waals surface area (Å²) in [4.78, 5) is 36.9. The molecule has 0 aliphatic heterocycles. The molecule has 0 saturated heterocycles. The predicted molar refractivity (Wildman–Crippen MR) is 133 cm³/mol. The molecular weight excluding hydrogens is 444 g/mol. The van der Waals surface area contributed by atoms with Gasteiger partial charge in [-0.05, 0) is 41.5 Å². The molecule has 1 saturated carbocycles. The van der Waals surface area contributed by atoms with Gasteiger partial charge in [0.15, 0.2) is 0 Å². The van der Waals surface area contributed by atoms with Gasteiger partial charge >= 0.3 is 12.1 Å². The van der Waals surface area contributed by atoms with Crippen molar-refractivity contribution in [1.82, 2.24) is 10.6 Å². The molecule has 1 fully saturated rings. The number of rotatable bonds is 9. The number of carboxylic acid groups (broad SMARTS) is 1. The molecule has 2 amide bonds. The van der Waals surface area contributed by atoms with E-state index in [1.165, 1.54) is 0 Å². The van der Waals surface area contributed by atoms with E-state index in [0.717, 1.165) is 41.5 Å². The Balaban J connectivity index is 1.29. The fourth-order valence-corrected chi connectivity index (χ4v) is 5.36. The number of ether oxygens (including phenoxy) is 1. The number of hydrogen-bond acceptors (Lipinski definition) is 4. The summed E-state index contributed by atoms with van der Waals surface area (Å²) in [6, 6.07) is 15.9. The van der Waals surface area contributed by atoms with Gasteiger partial charge in [0.25, 0.3) is 0 Å². The van der Waals surface area contributed by atoms with Crippen LogP contribution in [0.3, 0.4) is 0 Å². The van der Waals surface area contributed by atoms with Gasteiger partial charge in [-0.2, -0.15) is 0 Å². The number of fused-ring (bicyclic) bond motifs is 3. The maximum absolute atomic E-state index is 12.6. The van der Waals surface area contributed by atoms with E-state index < -0.39 is 23.5 Å². The molecule has 0 spiro atoms. The summed E-state index contributed by atoms with van der Waals surface area (Å²) in [7, 11) is 0. The first-order valence-corrected chi connectivity index (χ1v) is 12.5. The lowest BCUT2D eigenvalue weighted by molar-refractivity contribution is -0.151. The molecule has 4 rings (SSSR count). The van der Waals surface area contributed by atoms with E-state index in [2.05, 4.69) is 34.9 Å². The second-order valence-corrected chi connectivity index (χ2v) is 9.70. The lowest BCUT2D eigenvalue weighted by Gasteiger charge is -2.33. The quantitative estimate of drug-likeness (QED) is 0.478. The monoisotopic (exact) mass is 478 g/mol. The molecule has 2 aliphatic carbocycles. The van der Waals surface area contributed by atoms with Gasteiger partial charge in [0, 0.05) is 24.9 Å². The van der Waals surface area contributed by atoms with Crippen molar-refractivity contribution >= 4 is 18.0 Å². The van der Waals surface area contributed by atoms with Crippen LogP contribution in [0.1, 0.15) is 68.9 Å². The molecule has 0 unspecified atom stereocenters. The van der Waals surface area contributed by atoms with Crippen molar-refractivity contribution in [2.45, 2.75) is 63.8 Å². The average Bonchev–Trinajstić information content (AvgIpc) is 3.20. The zero-order chi connectivity index (χ0) is 24.8. The van der Waals surface area contributed by atoms with E-state index in [1.54, 1.807) is 0 Å². The van der Waals surface area contributed by atoms with Gasteiger partial charge in [0.05, 0.1) is 5.41 Å². The highest BCUT2D eigenvalue weighted by atomic mass is 16.5. The van der Waals surface area contributed by atoms with Crippen molar-refractivity contribution in [3.8, 4) is 11.1 Å². The summed E-state index contributed by atoms with van der Waals surface area (Å²) >= 11 is 0. The topological polar surface area (TPSA) is 105 Å². The Bertz CT molecular complexity index is 1030. The smallest absolute Gasteiger partial charge is 0.407 e. The van der Waals surface area contributed by atoms with Crippen molar-refractivity contribution < 1.29 is 24.2 Å². The van der Waals surface area contributed by atoms with Crippen molar-refractivity contribution in [3.63, 3.8) is 0 Å². The molecule has 0 aromatic heterocycles. The van der Waals surface area contributed by atoms with Crippen LogP contribution in [0, 0.1) is 5.41 Å².